The number of likely N-dealkylation sites (tertiary alicyclic amines) is 1. The Bertz CT molecular complexity index is 847. The number of fused-ring (bicyclic) bond motifs is 2. The molecule has 1 saturated heterocycles. The van der Waals surface area contributed by atoms with Crippen molar-refractivity contribution in [1.29, 1.82) is 0 Å². The summed E-state index contributed by atoms with van der Waals surface area (Å²) >= 11 is 0. The maximum absolute atomic E-state index is 4.91. The lowest BCUT2D eigenvalue weighted by molar-refractivity contribution is 0.196. The second kappa shape index (κ2) is 5.66. The van der Waals surface area contributed by atoms with Crippen LogP contribution >= 0.6 is 0 Å². The maximum atomic E-state index is 4.91. The van der Waals surface area contributed by atoms with Crippen LogP contribution in [0, 0.1) is 0 Å². The Balaban J connectivity index is 1.34. The van der Waals surface area contributed by atoms with Gasteiger partial charge in [0.2, 0.25) is 0 Å². The molecular weight excluding hydrogens is 304 g/mol. The van der Waals surface area contributed by atoms with E-state index in [-0.39, 0.29) is 0 Å². The van der Waals surface area contributed by atoms with E-state index in [9.17, 15) is 0 Å². The van der Waals surface area contributed by atoms with E-state index in [0.29, 0.717) is 5.92 Å². The second-order valence-electron chi connectivity index (χ2n) is 6.84. The number of hydrogen-bond acceptors (Lipinski definition) is 6. The zero-order valence-corrected chi connectivity index (χ0v) is 13.6. The van der Waals surface area contributed by atoms with Crippen molar-refractivity contribution in [2.75, 3.05) is 13.1 Å². The van der Waals surface area contributed by atoms with E-state index < -0.39 is 0 Å². The largest absolute Gasteiger partial charge is 0.364 e. The predicted octanol–water partition coefficient (Wildman–Crippen LogP) is 1.98. The number of rotatable bonds is 3. The third-order valence-corrected chi connectivity index (χ3v) is 5.27. The quantitative estimate of drug-likeness (QED) is 0.733. The first kappa shape index (κ1) is 14.1. The molecule has 0 spiro atoms. The Morgan fingerprint density at radius 3 is 2.92 bits per heavy atom. The molecule has 0 bridgehead atoms. The lowest BCUT2D eigenvalue weighted by atomic mass is 9.96. The summed E-state index contributed by atoms with van der Waals surface area (Å²) in [6.45, 7) is 2.93. The van der Waals surface area contributed by atoms with Gasteiger partial charge in [-0.3, -0.25) is 4.90 Å². The lowest BCUT2D eigenvalue weighted by Crippen LogP contribution is -2.33. The van der Waals surface area contributed by atoms with Crippen molar-refractivity contribution in [2.24, 2.45) is 0 Å². The van der Waals surface area contributed by atoms with Crippen LogP contribution in [0.1, 0.15) is 48.0 Å². The standard InChI is InChI=1S/C17H20N6O/c1-2-13-10-16-18-19-17(23(16)20-15(13)3-1)12-4-7-22(8-5-12)11-14-6-9-24-21-14/h6,9-10,12H,1-5,7-8,11H2. The molecule has 1 aliphatic carbocycles. The minimum atomic E-state index is 0.431. The lowest BCUT2D eigenvalue weighted by Gasteiger charge is -2.30. The van der Waals surface area contributed by atoms with Gasteiger partial charge in [0.15, 0.2) is 11.5 Å². The van der Waals surface area contributed by atoms with Crippen molar-refractivity contribution in [1.82, 2.24) is 29.9 Å². The van der Waals surface area contributed by atoms with Gasteiger partial charge >= 0.3 is 0 Å². The van der Waals surface area contributed by atoms with Crippen LogP contribution in [-0.4, -0.2) is 43.0 Å². The number of nitrogens with zero attached hydrogens (tertiary/aromatic N) is 6. The molecule has 0 aromatic carbocycles. The van der Waals surface area contributed by atoms with E-state index in [0.717, 1.165) is 62.5 Å². The van der Waals surface area contributed by atoms with Crippen LogP contribution in [0.5, 0.6) is 0 Å². The maximum Gasteiger partial charge on any atom is 0.178 e. The Morgan fingerprint density at radius 1 is 1.17 bits per heavy atom. The van der Waals surface area contributed by atoms with E-state index in [1.807, 2.05) is 10.6 Å². The normalized spacial score (nSPS) is 19.2. The van der Waals surface area contributed by atoms with Crippen LogP contribution in [0.15, 0.2) is 22.9 Å². The average Bonchev–Trinajstić information content (AvgIpc) is 3.34. The van der Waals surface area contributed by atoms with Crippen LogP contribution in [0.4, 0.5) is 0 Å². The molecule has 3 aromatic heterocycles. The van der Waals surface area contributed by atoms with Gasteiger partial charge in [0.05, 0.1) is 11.4 Å². The molecule has 7 heteroatoms. The Kier molecular flexibility index (Phi) is 3.33. The molecule has 0 unspecified atom stereocenters. The molecule has 3 aromatic rings. The minimum Gasteiger partial charge on any atom is -0.364 e. The molecular formula is C17H20N6O. The van der Waals surface area contributed by atoms with Crippen LogP contribution in [0.2, 0.25) is 0 Å². The summed E-state index contributed by atoms with van der Waals surface area (Å²) < 4.78 is 6.90. The molecule has 7 nitrogen and oxygen atoms in total. The first-order valence-corrected chi connectivity index (χ1v) is 8.72. The van der Waals surface area contributed by atoms with E-state index >= 15 is 0 Å². The number of aryl methyl sites for hydroxylation is 2. The molecule has 4 heterocycles. The summed E-state index contributed by atoms with van der Waals surface area (Å²) in [4.78, 5) is 2.42. The third-order valence-electron chi connectivity index (χ3n) is 5.27. The molecule has 0 radical (unpaired) electrons. The van der Waals surface area contributed by atoms with Crippen molar-refractivity contribution in [3.8, 4) is 0 Å². The molecule has 0 amide bonds. The monoisotopic (exact) mass is 324 g/mol. The molecule has 1 fully saturated rings. The Labute approximate surface area is 139 Å². The second-order valence-corrected chi connectivity index (χ2v) is 6.84. The highest BCUT2D eigenvalue weighted by Gasteiger charge is 2.26. The highest BCUT2D eigenvalue weighted by molar-refractivity contribution is 5.43. The van der Waals surface area contributed by atoms with Gasteiger partial charge in [-0.2, -0.15) is 9.61 Å². The highest BCUT2D eigenvalue weighted by Crippen LogP contribution is 2.28. The Hall–Kier alpha value is -2.28. The third kappa shape index (κ3) is 2.39. The van der Waals surface area contributed by atoms with E-state index in [4.69, 9.17) is 9.62 Å². The summed E-state index contributed by atoms with van der Waals surface area (Å²) in [6, 6.07) is 4.11. The zero-order chi connectivity index (χ0) is 15.9. The SMILES string of the molecule is c1cc(CN2CCC(c3nnc4cc5c(nn34)CCC5)CC2)no1. The summed E-state index contributed by atoms with van der Waals surface area (Å²) in [5.41, 5.74) is 4.48. The fraction of sp³-hybridized carbons (Fsp3) is 0.529. The van der Waals surface area contributed by atoms with E-state index in [1.165, 1.54) is 17.7 Å². The van der Waals surface area contributed by atoms with Crippen LogP contribution in [0.25, 0.3) is 5.65 Å². The smallest absolute Gasteiger partial charge is 0.178 e. The van der Waals surface area contributed by atoms with E-state index in [1.54, 1.807) is 6.26 Å². The predicted molar refractivity (Wildman–Crippen MR) is 86.6 cm³/mol. The van der Waals surface area contributed by atoms with Gasteiger partial charge in [-0.1, -0.05) is 5.16 Å². The van der Waals surface area contributed by atoms with Gasteiger partial charge in [-0.15, -0.1) is 10.2 Å². The van der Waals surface area contributed by atoms with Gasteiger partial charge in [0.1, 0.15) is 6.26 Å². The molecule has 24 heavy (non-hydrogen) atoms. The molecule has 0 atom stereocenters. The average molecular weight is 324 g/mol. The van der Waals surface area contributed by atoms with E-state index in [2.05, 4.69) is 26.3 Å². The molecule has 5 rings (SSSR count). The van der Waals surface area contributed by atoms with Gasteiger partial charge in [-0.25, -0.2) is 0 Å². The molecule has 124 valence electrons. The topological polar surface area (TPSA) is 72.4 Å². The summed E-state index contributed by atoms with van der Waals surface area (Å²) in [6.07, 6.45) is 7.21. The molecule has 2 aliphatic rings. The van der Waals surface area contributed by atoms with Crippen LogP contribution in [0.3, 0.4) is 0 Å². The zero-order valence-electron chi connectivity index (χ0n) is 13.6. The van der Waals surface area contributed by atoms with Crippen molar-refractivity contribution in [3.05, 3.63) is 41.2 Å². The van der Waals surface area contributed by atoms with Gasteiger partial charge in [-0.05, 0) is 56.8 Å². The number of hydrogen-bond donors (Lipinski definition) is 0. The van der Waals surface area contributed by atoms with Gasteiger partial charge < -0.3 is 4.52 Å². The molecule has 0 saturated carbocycles. The summed E-state index contributed by atoms with van der Waals surface area (Å²) in [7, 11) is 0. The van der Waals surface area contributed by atoms with Crippen molar-refractivity contribution in [2.45, 2.75) is 44.6 Å². The summed E-state index contributed by atoms with van der Waals surface area (Å²) in [5.74, 6) is 1.46. The first-order valence-electron chi connectivity index (χ1n) is 8.72. The molecule has 1 aliphatic heterocycles. The van der Waals surface area contributed by atoms with Crippen LogP contribution in [-0.2, 0) is 19.4 Å². The summed E-state index contributed by atoms with van der Waals surface area (Å²) in [5, 5.41) is 17.7. The minimum absolute atomic E-state index is 0.431. The van der Waals surface area contributed by atoms with Gasteiger partial charge in [0.25, 0.3) is 0 Å². The fourth-order valence-electron chi connectivity index (χ4n) is 3.95. The molecule has 0 N–H and O–H groups in total. The van der Waals surface area contributed by atoms with Crippen molar-refractivity contribution >= 4 is 5.65 Å². The highest BCUT2D eigenvalue weighted by atomic mass is 16.5. The Morgan fingerprint density at radius 2 is 2.08 bits per heavy atom. The van der Waals surface area contributed by atoms with Crippen molar-refractivity contribution < 1.29 is 4.52 Å². The fourth-order valence-corrected chi connectivity index (χ4v) is 3.95. The van der Waals surface area contributed by atoms with Crippen LogP contribution < -0.4 is 0 Å². The number of aromatic nitrogens is 5. The van der Waals surface area contributed by atoms with Gasteiger partial charge in [0, 0.05) is 18.5 Å². The first-order chi connectivity index (χ1) is 11.9. The number of piperidine rings is 1. The van der Waals surface area contributed by atoms with Crippen molar-refractivity contribution in [3.63, 3.8) is 0 Å².